The number of phenolic OH excluding ortho intramolecular Hbond substituents is 1. The predicted octanol–water partition coefficient (Wildman–Crippen LogP) is 3.67. The highest BCUT2D eigenvalue weighted by molar-refractivity contribution is 6.00. The summed E-state index contributed by atoms with van der Waals surface area (Å²) >= 11 is 0. The number of carboxylic acid groups (broad SMARTS) is 1. The van der Waals surface area contributed by atoms with Gasteiger partial charge in [-0.2, -0.15) is 13.2 Å². The Morgan fingerprint density at radius 1 is 1.12 bits per heavy atom. The Kier molecular flexibility index (Phi) is 7.41. The lowest BCUT2D eigenvalue weighted by atomic mass is 10.0. The minimum Gasteiger partial charge on any atom is -0.507 e. The number of aromatic hydroxyl groups is 1. The number of alkyl halides is 3. The Balaban J connectivity index is 0.000000913. The second-order valence-corrected chi connectivity index (χ2v) is 7.18. The second kappa shape index (κ2) is 10.2. The molecule has 8 nitrogen and oxygen atoms in total. The molecule has 0 spiro atoms. The molecule has 1 unspecified atom stereocenters. The number of anilines is 1. The fourth-order valence-electron chi connectivity index (χ4n) is 3.57. The number of aromatic nitrogens is 3. The number of halogens is 3. The van der Waals surface area contributed by atoms with Gasteiger partial charge in [0, 0.05) is 34.8 Å². The fourth-order valence-corrected chi connectivity index (χ4v) is 3.57. The lowest BCUT2D eigenvalue weighted by Gasteiger charge is -2.18. The van der Waals surface area contributed by atoms with Crippen LogP contribution in [0.25, 0.3) is 22.0 Å². The molecular formula is C21H22F3N5O3. The van der Waals surface area contributed by atoms with Crippen molar-refractivity contribution in [2.75, 3.05) is 18.4 Å². The average Bonchev–Trinajstić information content (AvgIpc) is 3.03. The van der Waals surface area contributed by atoms with E-state index in [4.69, 9.17) is 9.90 Å². The van der Waals surface area contributed by atoms with E-state index >= 15 is 0 Å². The standard InChI is InChI=1S/C20H20F3N5O.CH2O2/c21-20(22,23)12-3-4-15(17(29)10-12)18-14-6-9-25-11-16(14)19(28-27-18)26-13-2-1-7-24-8-5-13;2-1-3/h3-4,6,9-11,13,24,29H,1-2,5,7-8H2,(H,26,28);1H,(H,2,3). The first kappa shape index (κ1) is 23.2. The number of nitrogens with one attached hydrogen (secondary N) is 2. The van der Waals surface area contributed by atoms with Crippen LogP contribution in [0.15, 0.2) is 36.7 Å². The molecule has 3 heterocycles. The molecule has 1 aliphatic heterocycles. The van der Waals surface area contributed by atoms with E-state index in [1.54, 1.807) is 18.5 Å². The molecule has 0 saturated carbocycles. The maximum atomic E-state index is 12.9. The third-order valence-electron chi connectivity index (χ3n) is 5.08. The molecule has 0 radical (unpaired) electrons. The molecule has 0 aliphatic carbocycles. The van der Waals surface area contributed by atoms with E-state index in [-0.39, 0.29) is 18.1 Å². The molecule has 2 aromatic heterocycles. The summed E-state index contributed by atoms with van der Waals surface area (Å²) in [5.41, 5.74) is -0.424. The lowest BCUT2D eigenvalue weighted by molar-refractivity contribution is -0.137. The third kappa shape index (κ3) is 5.41. The molecule has 3 aromatic rings. The predicted molar refractivity (Wildman–Crippen MR) is 112 cm³/mol. The van der Waals surface area contributed by atoms with Crippen molar-refractivity contribution in [3.05, 3.63) is 42.2 Å². The van der Waals surface area contributed by atoms with Gasteiger partial charge in [-0.15, -0.1) is 10.2 Å². The van der Waals surface area contributed by atoms with E-state index in [2.05, 4.69) is 25.8 Å². The number of rotatable bonds is 3. The minimum atomic E-state index is -4.53. The van der Waals surface area contributed by atoms with Gasteiger partial charge in [-0.05, 0) is 56.6 Å². The highest BCUT2D eigenvalue weighted by Crippen LogP contribution is 2.38. The highest BCUT2D eigenvalue weighted by atomic mass is 19.4. The van der Waals surface area contributed by atoms with Crippen molar-refractivity contribution in [2.45, 2.75) is 31.5 Å². The van der Waals surface area contributed by atoms with Gasteiger partial charge in [-0.3, -0.25) is 9.78 Å². The number of phenols is 1. The summed E-state index contributed by atoms with van der Waals surface area (Å²) in [6, 6.07) is 4.80. The van der Waals surface area contributed by atoms with E-state index in [1.807, 2.05) is 0 Å². The average molecular weight is 449 g/mol. The maximum absolute atomic E-state index is 12.9. The van der Waals surface area contributed by atoms with Crippen LogP contribution in [0.1, 0.15) is 24.8 Å². The Morgan fingerprint density at radius 3 is 2.62 bits per heavy atom. The fraction of sp³-hybridized carbons (Fsp3) is 0.333. The summed E-state index contributed by atoms with van der Waals surface area (Å²) in [7, 11) is 0. The molecule has 1 aromatic carbocycles. The van der Waals surface area contributed by atoms with Gasteiger partial charge in [0.1, 0.15) is 11.4 Å². The molecule has 32 heavy (non-hydrogen) atoms. The SMILES string of the molecule is O=CO.Oc1cc(C(F)(F)F)ccc1-c1nnc(NC2CCCNCC2)c2cnccc12. The van der Waals surface area contributed by atoms with Gasteiger partial charge in [0.15, 0.2) is 5.82 Å². The topological polar surface area (TPSA) is 120 Å². The van der Waals surface area contributed by atoms with Crippen LogP contribution in [-0.4, -0.2) is 51.0 Å². The Bertz CT molecular complexity index is 1070. The highest BCUT2D eigenvalue weighted by Gasteiger charge is 2.31. The molecule has 11 heteroatoms. The van der Waals surface area contributed by atoms with Gasteiger partial charge in [-0.1, -0.05) is 0 Å². The number of benzene rings is 1. The minimum absolute atomic E-state index is 0.187. The molecule has 170 valence electrons. The molecule has 1 atom stereocenters. The monoisotopic (exact) mass is 449 g/mol. The van der Waals surface area contributed by atoms with Gasteiger partial charge in [0.25, 0.3) is 6.47 Å². The normalized spacial score (nSPS) is 16.5. The summed E-state index contributed by atoms with van der Waals surface area (Å²) in [5.74, 6) is 0.0814. The Hall–Kier alpha value is -3.47. The summed E-state index contributed by atoms with van der Waals surface area (Å²) in [5, 5.41) is 33.7. The van der Waals surface area contributed by atoms with E-state index in [0.29, 0.717) is 28.4 Å². The molecule has 0 amide bonds. The van der Waals surface area contributed by atoms with Crippen molar-refractivity contribution in [3.63, 3.8) is 0 Å². The van der Waals surface area contributed by atoms with Crippen LogP contribution in [-0.2, 0) is 11.0 Å². The molecular weight excluding hydrogens is 427 g/mol. The number of carbonyl (C=O) groups is 1. The zero-order valence-electron chi connectivity index (χ0n) is 16.9. The summed E-state index contributed by atoms with van der Waals surface area (Å²) < 4.78 is 38.7. The van der Waals surface area contributed by atoms with Gasteiger partial charge in [0.2, 0.25) is 0 Å². The third-order valence-corrected chi connectivity index (χ3v) is 5.08. The van der Waals surface area contributed by atoms with Gasteiger partial charge in [0.05, 0.1) is 5.56 Å². The quantitative estimate of drug-likeness (QED) is 0.447. The van der Waals surface area contributed by atoms with Crippen LogP contribution >= 0.6 is 0 Å². The number of nitrogens with zero attached hydrogens (tertiary/aromatic N) is 3. The Labute approximate surface area is 181 Å². The van der Waals surface area contributed by atoms with Crippen molar-refractivity contribution in [3.8, 4) is 17.0 Å². The van der Waals surface area contributed by atoms with E-state index < -0.39 is 17.5 Å². The van der Waals surface area contributed by atoms with Crippen molar-refractivity contribution in [1.82, 2.24) is 20.5 Å². The largest absolute Gasteiger partial charge is 0.507 e. The number of hydrogen-bond donors (Lipinski definition) is 4. The number of pyridine rings is 1. The van der Waals surface area contributed by atoms with Crippen molar-refractivity contribution >= 4 is 23.1 Å². The van der Waals surface area contributed by atoms with Crippen LogP contribution in [0.4, 0.5) is 19.0 Å². The summed E-state index contributed by atoms with van der Waals surface area (Å²) in [6.45, 7) is 1.65. The van der Waals surface area contributed by atoms with Crippen LogP contribution in [0, 0.1) is 0 Å². The van der Waals surface area contributed by atoms with Crippen molar-refractivity contribution in [1.29, 1.82) is 0 Å². The molecule has 1 fully saturated rings. The smallest absolute Gasteiger partial charge is 0.416 e. The zero-order chi connectivity index (χ0) is 23.1. The van der Waals surface area contributed by atoms with Crippen LogP contribution in [0.2, 0.25) is 0 Å². The molecule has 4 rings (SSSR count). The van der Waals surface area contributed by atoms with Crippen LogP contribution in [0.3, 0.4) is 0 Å². The van der Waals surface area contributed by atoms with Crippen molar-refractivity contribution in [2.24, 2.45) is 0 Å². The zero-order valence-corrected chi connectivity index (χ0v) is 16.9. The molecule has 1 aliphatic rings. The number of fused-ring (bicyclic) bond motifs is 1. The van der Waals surface area contributed by atoms with Gasteiger partial charge < -0.3 is 20.8 Å². The molecule has 4 N–H and O–H groups in total. The van der Waals surface area contributed by atoms with E-state index in [0.717, 1.165) is 38.4 Å². The first-order chi connectivity index (χ1) is 15.3. The number of hydrogen-bond acceptors (Lipinski definition) is 7. The van der Waals surface area contributed by atoms with E-state index in [1.165, 1.54) is 6.07 Å². The maximum Gasteiger partial charge on any atom is 0.416 e. The van der Waals surface area contributed by atoms with Crippen molar-refractivity contribution < 1.29 is 28.2 Å². The Morgan fingerprint density at radius 2 is 1.91 bits per heavy atom. The first-order valence-corrected chi connectivity index (χ1v) is 9.91. The molecule has 1 saturated heterocycles. The molecule has 0 bridgehead atoms. The first-order valence-electron chi connectivity index (χ1n) is 9.91. The van der Waals surface area contributed by atoms with Gasteiger partial charge >= 0.3 is 6.18 Å². The van der Waals surface area contributed by atoms with Crippen LogP contribution in [0.5, 0.6) is 5.75 Å². The lowest BCUT2D eigenvalue weighted by Crippen LogP contribution is -2.22. The summed E-state index contributed by atoms with van der Waals surface area (Å²) in [6.07, 6.45) is 1.69. The van der Waals surface area contributed by atoms with Crippen LogP contribution < -0.4 is 10.6 Å². The summed E-state index contributed by atoms with van der Waals surface area (Å²) in [4.78, 5) is 12.5. The second-order valence-electron chi connectivity index (χ2n) is 7.18. The van der Waals surface area contributed by atoms with E-state index in [9.17, 15) is 18.3 Å². The van der Waals surface area contributed by atoms with Gasteiger partial charge in [-0.25, -0.2) is 0 Å².